The molecule has 1 aliphatic heterocycles. The lowest BCUT2D eigenvalue weighted by molar-refractivity contribution is 0.0727. The summed E-state index contributed by atoms with van der Waals surface area (Å²) in [5.74, 6) is 0.577. The van der Waals surface area contributed by atoms with Crippen LogP contribution in [0.15, 0.2) is 23.1 Å². The molecular formula is C24H36N2O6S. The van der Waals surface area contributed by atoms with Crippen LogP contribution in [0.5, 0.6) is 5.75 Å². The third-order valence-electron chi connectivity index (χ3n) is 7.88. The van der Waals surface area contributed by atoms with Crippen molar-refractivity contribution in [1.29, 1.82) is 0 Å². The predicted octanol–water partition coefficient (Wildman–Crippen LogP) is 2.68. The van der Waals surface area contributed by atoms with Gasteiger partial charge < -0.3 is 19.5 Å². The van der Waals surface area contributed by atoms with E-state index in [4.69, 9.17) is 14.2 Å². The molecule has 3 atom stereocenters. The van der Waals surface area contributed by atoms with Gasteiger partial charge in [-0.1, -0.05) is 20.8 Å². The van der Waals surface area contributed by atoms with E-state index in [0.29, 0.717) is 31.3 Å². The predicted molar refractivity (Wildman–Crippen MR) is 124 cm³/mol. The first-order chi connectivity index (χ1) is 15.6. The summed E-state index contributed by atoms with van der Waals surface area (Å²) in [6.07, 6.45) is 3.42. The highest BCUT2D eigenvalue weighted by Crippen LogP contribution is 2.62. The van der Waals surface area contributed by atoms with Crippen molar-refractivity contribution in [2.24, 2.45) is 16.7 Å². The van der Waals surface area contributed by atoms with Gasteiger partial charge in [-0.15, -0.1) is 0 Å². The number of nitrogens with zero attached hydrogens (tertiary/aromatic N) is 1. The van der Waals surface area contributed by atoms with Gasteiger partial charge in [0.05, 0.1) is 19.8 Å². The van der Waals surface area contributed by atoms with E-state index in [9.17, 15) is 13.2 Å². The molecule has 0 radical (unpaired) electrons. The third kappa shape index (κ3) is 4.52. The maximum atomic E-state index is 13.4. The normalized spacial score (nSPS) is 29.2. The highest BCUT2D eigenvalue weighted by molar-refractivity contribution is 7.89. The summed E-state index contributed by atoms with van der Waals surface area (Å²) in [7, 11) is -2.29. The van der Waals surface area contributed by atoms with Gasteiger partial charge in [0.25, 0.3) is 5.91 Å². The molecule has 1 aromatic rings. The van der Waals surface area contributed by atoms with Crippen LogP contribution in [0.1, 0.15) is 50.4 Å². The Labute approximate surface area is 197 Å². The molecule has 1 unspecified atom stereocenters. The first-order valence-electron chi connectivity index (χ1n) is 11.7. The lowest BCUT2D eigenvalue weighted by Gasteiger charge is -2.43. The van der Waals surface area contributed by atoms with Crippen molar-refractivity contribution in [3.8, 4) is 5.75 Å². The van der Waals surface area contributed by atoms with E-state index in [-0.39, 0.29) is 53.1 Å². The van der Waals surface area contributed by atoms with Crippen LogP contribution in [0.2, 0.25) is 0 Å². The Morgan fingerprint density at radius 1 is 1.21 bits per heavy atom. The molecule has 1 saturated heterocycles. The Hall–Kier alpha value is -1.68. The molecule has 3 fully saturated rings. The number of carbonyl (C=O) groups excluding carboxylic acids is 1. The van der Waals surface area contributed by atoms with Gasteiger partial charge >= 0.3 is 0 Å². The topological polar surface area (TPSA) is 94.2 Å². The van der Waals surface area contributed by atoms with Crippen LogP contribution >= 0.6 is 0 Å². The summed E-state index contributed by atoms with van der Waals surface area (Å²) in [4.78, 5) is 13.3. The number of sulfonamides is 1. The summed E-state index contributed by atoms with van der Waals surface area (Å²) < 4.78 is 44.3. The summed E-state index contributed by atoms with van der Waals surface area (Å²) >= 11 is 0. The number of hydrogen-bond donors (Lipinski definition) is 1. The average Bonchev–Trinajstić information content (AvgIpc) is 3.28. The van der Waals surface area contributed by atoms with Crippen LogP contribution in [0.3, 0.4) is 0 Å². The van der Waals surface area contributed by atoms with Crippen LogP contribution in [0.4, 0.5) is 0 Å². The first-order valence-corrected chi connectivity index (χ1v) is 13.2. The van der Waals surface area contributed by atoms with E-state index in [2.05, 4.69) is 26.1 Å². The van der Waals surface area contributed by atoms with Crippen molar-refractivity contribution >= 4 is 15.9 Å². The summed E-state index contributed by atoms with van der Waals surface area (Å²) in [5.41, 5.74) is 0.410. The Kier molecular flexibility index (Phi) is 6.79. The smallest absolute Gasteiger partial charge is 0.251 e. The summed E-state index contributed by atoms with van der Waals surface area (Å²) in [5, 5.41) is 3.26. The second kappa shape index (κ2) is 9.17. The molecule has 1 amide bonds. The van der Waals surface area contributed by atoms with Crippen LogP contribution in [-0.4, -0.2) is 71.3 Å². The zero-order valence-corrected chi connectivity index (χ0v) is 20.9. The maximum absolute atomic E-state index is 13.4. The number of rotatable bonds is 8. The molecule has 0 aromatic heterocycles. The van der Waals surface area contributed by atoms with Crippen molar-refractivity contribution in [3.05, 3.63) is 23.8 Å². The number of amides is 1. The molecule has 3 aliphatic rings. The van der Waals surface area contributed by atoms with Gasteiger partial charge in [0.2, 0.25) is 10.0 Å². The number of fused-ring (bicyclic) bond motifs is 2. The Balaban J connectivity index is 1.62. The van der Waals surface area contributed by atoms with Crippen LogP contribution in [0.25, 0.3) is 0 Å². The fourth-order valence-corrected chi connectivity index (χ4v) is 7.57. The van der Waals surface area contributed by atoms with Gasteiger partial charge in [-0.05, 0) is 54.2 Å². The highest BCUT2D eigenvalue weighted by atomic mass is 32.2. The van der Waals surface area contributed by atoms with E-state index >= 15 is 0 Å². The average molecular weight is 481 g/mol. The molecule has 9 heteroatoms. The van der Waals surface area contributed by atoms with E-state index < -0.39 is 10.0 Å². The lowest BCUT2D eigenvalue weighted by Crippen LogP contribution is -2.52. The quantitative estimate of drug-likeness (QED) is 0.575. The van der Waals surface area contributed by atoms with Crippen molar-refractivity contribution in [3.63, 3.8) is 0 Å². The molecule has 1 heterocycles. The minimum absolute atomic E-state index is 0.00608. The van der Waals surface area contributed by atoms with Crippen LogP contribution in [-0.2, 0) is 19.5 Å². The van der Waals surface area contributed by atoms with Crippen LogP contribution in [0, 0.1) is 16.7 Å². The first kappa shape index (κ1) is 24.4. The fraction of sp³-hybridized carbons (Fsp3) is 0.708. The minimum Gasteiger partial charge on any atom is -0.490 e. The third-order valence-corrected chi connectivity index (χ3v) is 9.80. The van der Waals surface area contributed by atoms with E-state index in [1.54, 1.807) is 19.2 Å². The molecule has 184 valence electrons. The van der Waals surface area contributed by atoms with Gasteiger partial charge in [-0.2, -0.15) is 4.31 Å². The SMILES string of the molecule is COCCOc1ccc(C(=O)NC2C(C)(C)[C@@H]3CC[C@@]2(C)C3)cc1S(=O)(=O)N1CCOCC1. The van der Waals surface area contributed by atoms with Crippen LogP contribution < -0.4 is 10.1 Å². The Morgan fingerprint density at radius 2 is 1.94 bits per heavy atom. The van der Waals surface area contributed by atoms with Gasteiger partial charge in [0.15, 0.2) is 0 Å². The summed E-state index contributed by atoms with van der Waals surface area (Å²) in [6.45, 7) is 8.49. The second-order valence-electron chi connectivity index (χ2n) is 10.3. The highest BCUT2D eigenvalue weighted by Gasteiger charge is 2.59. The zero-order chi connectivity index (χ0) is 23.9. The van der Waals surface area contributed by atoms with Crippen molar-refractivity contribution < 1.29 is 27.4 Å². The molecule has 2 aliphatic carbocycles. The minimum atomic E-state index is -3.85. The van der Waals surface area contributed by atoms with Crippen molar-refractivity contribution in [1.82, 2.24) is 9.62 Å². The molecule has 1 N–H and O–H groups in total. The fourth-order valence-electron chi connectivity index (χ4n) is 6.01. The molecule has 8 nitrogen and oxygen atoms in total. The molecule has 2 saturated carbocycles. The number of methoxy groups -OCH3 is 1. The number of ether oxygens (including phenoxy) is 3. The van der Waals surface area contributed by atoms with Gasteiger partial charge in [-0.25, -0.2) is 8.42 Å². The number of benzene rings is 1. The largest absolute Gasteiger partial charge is 0.490 e. The lowest BCUT2D eigenvalue weighted by atomic mass is 9.68. The number of carbonyl (C=O) groups is 1. The Bertz CT molecular complexity index is 984. The summed E-state index contributed by atoms with van der Waals surface area (Å²) in [6, 6.07) is 4.71. The van der Waals surface area contributed by atoms with E-state index in [1.807, 2.05) is 0 Å². The number of hydrogen-bond acceptors (Lipinski definition) is 6. The maximum Gasteiger partial charge on any atom is 0.251 e. The molecule has 4 rings (SSSR count). The zero-order valence-electron chi connectivity index (χ0n) is 20.1. The molecule has 1 aromatic carbocycles. The molecular weight excluding hydrogens is 444 g/mol. The van der Waals surface area contributed by atoms with Gasteiger partial charge in [-0.3, -0.25) is 4.79 Å². The Morgan fingerprint density at radius 3 is 2.58 bits per heavy atom. The number of morpholine rings is 1. The second-order valence-corrected chi connectivity index (χ2v) is 12.2. The molecule has 33 heavy (non-hydrogen) atoms. The van der Waals surface area contributed by atoms with E-state index in [0.717, 1.165) is 12.8 Å². The van der Waals surface area contributed by atoms with Gasteiger partial charge in [0.1, 0.15) is 17.3 Å². The number of nitrogens with one attached hydrogen (secondary N) is 1. The molecule has 2 bridgehead atoms. The molecule has 0 spiro atoms. The monoisotopic (exact) mass is 480 g/mol. The van der Waals surface area contributed by atoms with Gasteiger partial charge in [0, 0.05) is 31.8 Å². The van der Waals surface area contributed by atoms with E-state index in [1.165, 1.54) is 16.8 Å². The van der Waals surface area contributed by atoms with Crippen molar-refractivity contribution in [2.75, 3.05) is 46.6 Å². The standard InChI is InChI=1S/C24H36N2O6S/c1-23(2)18-7-8-24(3,16-18)22(23)25-21(27)17-5-6-19(32-14-13-30-4)20(15-17)33(28,29)26-9-11-31-12-10-26/h5-6,15,18,22H,7-14,16H2,1-4H3,(H,25,27)/t18-,22?,24+/m1/s1. The van der Waals surface area contributed by atoms with Crippen molar-refractivity contribution in [2.45, 2.75) is 51.0 Å².